The van der Waals surface area contributed by atoms with Crippen LogP contribution in [-0.2, 0) is 21.3 Å². The summed E-state index contributed by atoms with van der Waals surface area (Å²) in [6.07, 6.45) is 2.27. The maximum atomic E-state index is 13.6. The van der Waals surface area contributed by atoms with Gasteiger partial charge in [-0.3, -0.25) is 10.3 Å². The molecule has 2 amide bonds. The normalized spacial score (nSPS) is 11.5. The number of urea groups is 1. The third-order valence-electron chi connectivity index (χ3n) is 9.26. The highest BCUT2D eigenvalue weighted by Crippen LogP contribution is 2.35. The summed E-state index contributed by atoms with van der Waals surface area (Å²) < 4.78 is 31.0. The van der Waals surface area contributed by atoms with Crippen LogP contribution in [0, 0.1) is 6.92 Å². The van der Waals surface area contributed by atoms with Gasteiger partial charge in [-0.25, -0.2) is 9.48 Å². The van der Waals surface area contributed by atoms with Crippen LogP contribution in [0.1, 0.15) is 43.3 Å². The molecule has 2 aromatic heterocycles. The molecule has 12 nitrogen and oxygen atoms in total. The Morgan fingerprint density at radius 3 is 2.24 bits per heavy atom. The van der Waals surface area contributed by atoms with E-state index in [1.54, 1.807) is 18.0 Å². The van der Waals surface area contributed by atoms with Gasteiger partial charge >= 0.3 is 6.03 Å². The van der Waals surface area contributed by atoms with Gasteiger partial charge in [0.25, 0.3) is 0 Å². The van der Waals surface area contributed by atoms with Gasteiger partial charge in [0.1, 0.15) is 35.4 Å². The highest BCUT2D eigenvalue weighted by molar-refractivity contribution is 6.07. The highest BCUT2D eigenvalue weighted by atomic mass is 16.5. The van der Waals surface area contributed by atoms with Crippen molar-refractivity contribution >= 4 is 28.3 Å². The topological polar surface area (TPSA) is 121 Å². The molecule has 0 atom stereocenters. The summed E-state index contributed by atoms with van der Waals surface area (Å²) in [7, 11) is 5.67. The molecule has 0 spiro atoms. The van der Waals surface area contributed by atoms with Crippen LogP contribution in [0.4, 0.5) is 16.3 Å². The predicted octanol–water partition coefficient (Wildman–Crippen LogP) is 9.04. The number of hydrogen-bond donors (Lipinski definition) is 2. The molecule has 6 aromatic rings. The van der Waals surface area contributed by atoms with Gasteiger partial charge < -0.3 is 33.9 Å². The molecule has 0 aliphatic carbocycles. The van der Waals surface area contributed by atoms with E-state index in [2.05, 4.69) is 41.3 Å². The number of benzene rings is 4. The molecule has 12 heteroatoms. The van der Waals surface area contributed by atoms with E-state index in [9.17, 15) is 4.79 Å². The second kappa shape index (κ2) is 19.5. The molecule has 0 aliphatic heterocycles. The number of nitrogens with zero attached hydrogens (tertiary/aromatic N) is 4. The quantitative estimate of drug-likeness (QED) is 0.0823. The van der Waals surface area contributed by atoms with Gasteiger partial charge in [0.15, 0.2) is 0 Å². The molecular weight excluding hydrogens is 733 g/mol. The average Bonchev–Trinajstić information content (AvgIpc) is 3.62. The Balaban J connectivity index is 1.10. The fourth-order valence-electron chi connectivity index (χ4n) is 6.13. The van der Waals surface area contributed by atoms with E-state index in [1.165, 1.54) is 0 Å². The van der Waals surface area contributed by atoms with E-state index in [0.717, 1.165) is 45.5 Å². The molecule has 0 radical (unpaired) electrons. The summed E-state index contributed by atoms with van der Waals surface area (Å²) in [5.41, 5.74) is 5.08. The van der Waals surface area contributed by atoms with Gasteiger partial charge in [-0.15, -0.1) is 0 Å². The number of amides is 2. The van der Waals surface area contributed by atoms with Gasteiger partial charge in [0, 0.05) is 59.2 Å². The second-order valence-electron chi connectivity index (χ2n) is 15.3. The van der Waals surface area contributed by atoms with Crippen LogP contribution in [0.3, 0.4) is 0 Å². The molecule has 58 heavy (non-hydrogen) atoms. The molecule has 304 valence electrons. The smallest absolute Gasteiger partial charge is 0.324 e. The minimum absolute atomic E-state index is 0.212. The zero-order valence-electron chi connectivity index (χ0n) is 34.5. The number of aryl methyl sites for hydroxylation is 1. The van der Waals surface area contributed by atoms with Crippen molar-refractivity contribution in [3.63, 3.8) is 0 Å². The molecule has 2 heterocycles. The number of hydrogen-bond acceptors (Lipinski definition) is 9. The first-order chi connectivity index (χ1) is 27.9. The van der Waals surface area contributed by atoms with Gasteiger partial charge in [-0.1, -0.05) is 62.7 Å². The van der Waals surface area contributed by atoms with Gasteiger partial charge in [-0.2, -0.15) is 5.10 Å². The Bertz CT molecular complexity index is 2280. The number of aromatic nitrogens is 3. The van der Waals surface area contributed by atoms with Gasteiger partial charge in [-0.05, 0) is 69.0 Å². The molecular formula is C46H54N6O6. The van der Waals surface area contributed by atoms with Crippen molar-refractivity contribution in [3.05, 3.63) is 126 Å². The fourth-order valence-corrected chi connectivity index (χ4v) is 6.13. The van der Waals surface area contributed by atoms with Crippen LogP contribution in [0.25, 0.3) is 16.5 Å². The Morgan fingerprint density at radius 2 is 1.50 bits per heavy atom. The van der Waals surface area contributed by atoms with E-state index >= 15 is 0 Å². The summed E-state index contributed by atoms with van der Waals surface area (Å²) in [6.45, 7) is 11.8. The number of rotatable bonds is 18. The number of likely N-dealkylation sites (N-methyl/N-ethyl adjacent to an activating group) is 1. The standard InChI is InChI=1S/C46H54N6O6/c1-32-12-14-35(15-13-32)52-44(31-43(50-52)46(2,3)4)49-45(53)48-41-16-17-42(40-11-9-8-10-39(40)41)58-36-18-19-47-34(29-36)26-33-27-37(54-7)30-38(28-33)57-25-24-56-23-22-55-21-20-51(5)6/h8-19,27-31H,20-26H2,1-7H3,(H2,48,49,53). The molecule has 0 unspecified atom stereocenters. The molecule has 0 aliphatic rings. The summed E-state index contributed by atoms with van der Waals surface area (Å²) >= 11 is 0. The lowest BCUT2D eigenvalue weighted by atomic mass is 9.92. The highest BCUT2D eigenvalue weighted by Gasteiger charge is 2.22. The Labute approximate surface area is 341 Å². The van der Waals surface area contributed by atoms with E-state index < -0.39 is 0 Å². The number of fused-ring (bicyclic) bond motifs is 1. The van der Waals surface area contributed by atoms with Crippen molar-refractivity contribution in [2.24, 2.45) is 0 Å². The van der Waals surface area contributed by atoms with E-state index in [0.29, 0.717) is 74.0 Å². The number of carbonyl (C=O) groups is 1. The fraction of sp³-hybridized carbons (Fsp3) is 0.326. The van der Waals surface area contributed by atoms with Crippen molar-refractivity contribution in [2.45, 2.75) is 39.5 Å². The molecule has 0 fully saturated rings. The van der Waals surface area contributed by atoms with Crippen LogP contribution in [0.2, 0.25) is 0 Å². The second-order valence-corrected chi connectivity index (χ2v) is 15.3. The molecule has 0 saturated heterocycles. The summed E-state index contributed by atoms with van der Waals surface area (Å²) in [6, 6.07) is 30.7. The third-order valence-corrected chi connectivity index (χ3v) is 9.26. The Hall–Kier alpha value is -5.95. The minimum Gasteiger partial charge on any atom is -0.497 e. The first-order valence-corrected chi connectivity index (χ1v) is 19.5. The van der Waals surface area contributed by atoms with Crippen molar-refractivity contribution < 1.29 is 28.5 Å². The lowest BCUT2D eigenvalue weighted by molar-refractivity contribution is 0.0324. The number of pyridine rings is 1. The van der Waals surface area contributed by atoms with Crippen LogP contribution in [-0.4, -0.2) is 86.5 Å². The number of carbonyl (C=O) groups excluding carboxylic acids is 1. The van der Waals surface area contributed by atoms with Crippen molar-refractivity contribution in [1.82, 2.24) is 19.7 Å². The van der Waals surface area contributed by atoms with Crippen molar-refractivity contribution in [2.75, 3.05) is 71.4 Å². The Morgan fingerprint density at radius 1 is 0.776 bits per heavy atom. The number of anilines is 2. The van der Waals surface area contributed by atoms with Crippen LogP contribution >= 0.6 is 0 Å². The lowest BCUT2D eigenvalue weighted by Gasteiger charge is -2.15. The van der Waals surface area contributed by atoms with E-state index in [4.69, 9.17) is 28.8 Å². The zero-order valence-corrected chi connectivity index (χ0v) is 34.5. The Kier molecular flexibility index (Phi) is 14.0. The number of nitrogens with one attached hydrogen (secondary N) is 2. The molecule has 0 saturated carbocycles. The maximum Gasteiger partial charge on any atom is 0.324 e. The third kappa shape index (κ3) is 11.6. The monoisotopic (exact) mass is 786 g/mol. The summed E-state index contributed by atoms with van der Waals surface area (Å²) in [5, 5.41) is 12.6. The number of ether oxygens (including phenoxy) is 5. The van der Waals surface area contributed by atoms with Crippen molar-refractivity contribution in [1.29, 1.82) is 0 Å². The van der Waals surface area contributed by atoms with Crippen LogP contribution in [0.15, 0.2) is 103 Å². The molecule has 2 N–H and O–H groups in total. The summed E-state index contributed by atoms with van der Waals surface area (Å²) in [5.74, 6) is 3.23. The predicted molar refractivity (Wildman–Crippen MR) is 229 cm³/mol. The molecule has 0 bridgehead atoms. The summed E-state index contributed by atoms with van der Waals surface area (Å²) in [4.78, 5) is 20.3. The zero-order chi connectivity index (χ0) is 41.1. The first-order valence-electron chi connectivity index (χ1n) is 19.5. The van der Waals surface area contributed by atoms with Gasteiger partial charge in [0.2, 0.25) is 0 Å². The van der Waals surface area contributed by atoms with E-state index in [1.807, 2.05) is 118 Å². The van der Waals surface area contributed by atoms with Crippen LogP contribution < -0.4 is 24.8 Å². The van der Waals surface area contributed by atoms with Crippen LogP contribution in [0.5, 0.6) is 23.0 Å². The molecule has 4 aromatic carbocycles. The largest absolute Gasteiger partial charge is 0.497 e. The number of methoxy groups -OCH3 is 1. The SMILES string of the molecule is COc1cc(Cc2cc(Oc3ccc(NC(=O)Nc4cc(C(C)(C)C)nn4-c4ccc(C)cc4)c4ccccc34)ccn2)cc(OCCOCCOCCN(C)C)c1. The minimum atomic E-state index is -0.387. The lowest BCUT2D eigenvalue weighted by Crippen LogP contribution is -2.21. The average molecular weight is 787 g/mol. The molecule has 6 rings (SSSR count). The van der Waals surface area contributed by atoms with E-state index in [-0.39, 0.29) is 11.4 Å². The van der Waals surface area contributed by atoms with Gasteiger partial charge in [0.05, 0.1) is 50.6 Å². The van der Waals surface area contributed by atoms with Crippen molar-refractivity contribution in [3.8, 4) is 28.7 Å². The first kappa shape index (κ1) is 41.7. The maximum absolute atomic E-state index is 13.6.